The van der Waals surface area contributed by atoms with E-state index in [0.717, 1.165) is 46.7 Å². The molecule has 0 radical (unpaired) electrons. The van der Waals surface area contributed by atoms with Crippen molar-refractivity contribution in [1.29, 1.82) is 0 Å². The van der Waals surface area contributed by atoms with E-state index >= 15 is 0 Å². The molecule has 2 aromatic carbocycles. The van der Waals surface area contributed by atoms with Crippen LogP contribution in [0, 0.1) is 0 Å². The van der Waals surface area contributed by atoms with Crippen molar-refractivity contribution in [2.24, 2.45) is 0 Å². The van der Waals surface area contributed by atoms with Crippen LogP contribution in [0.25, 0.3) is 11.0 Å². The molecule has 1 aromatic heterocycles. The third kappa shape index (κ3) is 5.33. The molecule has 11 heteroatoms. The van der Waals surface area contributed by atoms with Gasteiger partial charge in [-0.25, -0.2) is 18.1 Å². The van der Waals surface area contributed by atoms with Gasteiger partial charge in [0.25, 0.3) is 17.2 Å². The van der Waals surface area contributed by atoms with E-state index < -0.39 is 38.8 Å². The number of nitrogens with zero attached hydrogens (tertiary/aromatic N) is 1. The maximum atomic E-state index is 12.7. The van der Waals surface area contributed by atoms with Crippen molar-refractivity contribution in [1.82, 2.24) is 5.48 Å². The highest BCUT2D eigenvalue weighted by atomic mass is 32.2. The summed E-state index contributed by atoms with van der Waals surface area (Å²) in [6.07, 6.45) is 3.51. The van der Waals surface area contributed by atoms with Crippen LogP contribution in [0.5, 0.6) is 0 Å². The van der Waals surface area contributed by atoms with Gasteiger partial charge in [0.15, 0.2) is 9.84 Å². The van der Waals surface area contributed by atoms with E-state index in [2.05, 4.69) is 0 Å². The number of carbonyl (C=O) groups is 1. The highest BCUT2D eigenvalue weighted by Gasteiger charge is 2.32. The van der Waals surface area contributed by atoms with E-state index in [0.29, 0.717) is 11.1 Å². The number of hydrogen-bond acceptors (Lipinski definition) is 6. The van der Waals surface area contributed by atoms with Gasteiger partial charge in [-0.15, -0.1) is 0 Å². The van der Waals surface area contributed by atoms with E-state index in [1.807, 2.05) is 0 Å². The summed E-state index contributed by atoms with van der Waals surface area (Å²) in [7, 11) is -3.64. The topological polar surface area (TPSA) is 137 Å². The van der Waals surface area contributed by atoms with Gasteiger partial charge in [-0.1, -0.05) is 30.3 Å². The van der Waals surface area contributed by atoms with E-state index in [-0.39, 0.29) is 17.9 Å². The van der Waals surface area contributed by atoms with Gasteiger partial charge >= 0.3 is 0 Å². The third-order valence-corrected chi connectivity index (χ3v) is 8.42. The van der Waals surface area contributed by atoms with Gasteiger partial charge in [0.05, 0.1) is 17.2 Å². The molecular formula is C23H26N2O7S2. The maximum absolute atomic E-state index is 12.7. The predicted octanol–water partition coefficient (Wildman–Crippen LogP) is 3.13. The number of hydroxylamine groups is 1. The fraction of sp³-hybridized carbons (Fsp3) is 0.348. The molecule has 2 unspecified atom stereocenters. The van der Waals surface area contributed by atoms with E-state index in [1.165, 1.54) is 5.48 Å². The van der Waals surface area contributed by atoms with E-state index in [1.54, 1.807) is 48.5 Å². The smallest absolute Gasteiger partial charge is 0.267 e. The lowest BCUT2D eigenvalue weighted by Gasteiger charge is -2.28. The average Bonchev–Trinajstić information content (AvgIpc) is 3.19. The molecule has 1 heterocycles. The fourth-order valence-corrected chi connectivity index (χ4v) is 6.53. The summed E-state index contributed by atoms with van der Waals surface area (Å²) in [5, 5.41) is 10.2. The molecule has 0 aliphatic heterocycles. The zero-order valence-corrected chi connectivity index (χ0v) is 20.0. The Hall–Kier alpha value is -2.73. The van der Waals surface area contributed by atoms with Gasteiger partial charge in [0, 0.05) is 23.4 Å². The van der Waals surface area contributed by atoms with Gasteiger partial charge < -0.3 is 4.42 Å². The van der Waals surface area contributed by atoms with Crippen molar-refractivity contribution >= 4 is 43.7 Å². The summed E-state index contributed by atoms with van der Waals surface area (Å²) in [5.41, 5.74) is 3.94. The van der Waals surface area contributed by atoms with Crippen molar-refractivity contribution < 1.29 is 31.6 Å². The Morgan fingerprint density at radius 1 is 1.15 bits per heavy atom. The quantitative estimate of drug-likeness (QED) is 0.230. The van der Waals surface area contributed by atoms with Crippen LogP contribution in [0.1, 0.15) is 36.1 Å². The Morgan fingerprint density at radius 3 is 2.59 bits per heavy atom. The molecule has 182 valence electrons. The van der Waals surface area contributed by atoms with Crippen LogP contribution >= 0.6 is 0 Å². The first-order valence-corrected chi connectivity index (χ1v) is 13.8. The van der Waals surface area contributed by atoms with Crippen LogP contribution in [0.3, 0.4) is 0 Å². The molecule has 0 spiro atoms. The molecule has 1 amide bonds. The van der Waals surface area contributed by atoms with Crippen molar-refractivity contribution in [2.75, 3.05) is 10.1 Å². The molecule has 2 atom stereocenters. The number of sulfone groups is 1. The minimum Gasteiger partial charge on any atom is -0.461 e. The summed E-state index contributed by atoms with van der Waals surface area (Å²) in [6, 6.07) is 12.1. The molecule has 3 aromatic rings. The van der Waals surface area contributed by atoms with Crippen molar-refractivity contribution in [3.63, 3.8) is 0 Å². The number of anilines is 1. The second-order valence-electron chi connectivity index (χ2n) is 8.31. The monoisotopic (exact) mass is 506 g/mol. The molecule has 9 nitrogen and oxygen atoms in total. The number of benzene rings is 2. The fourth-order valence-electron chi connectivity index (χ4n) is 4.39. The number of carbonyl (C=O) groups excluding carboxylic acids is 1. The summed E-state index contributed by atoms with van der Waals surface area (Å²) in [6.45, 7) is 0. The molecule has 3 N–H and O–H groups in total. The molecule has 0 bridgehead atoms. The number of aryl methyl sites for hydroxylation is 2. The van der Waals surface area contributed by atoms with Crippen molar-refractivity contribution in [2.45, 2.75) is 43.9 Å². The Kier molecular flexibility index (Phi) is 7.36. The van der Waals surface area contributed by atoms with Crippen LogP contribution in [-0.2, 0) is 44.5 Å². The number of amides is 1. The zero-order chi connectivity index (χ0) is 24.3. The largest absolute Gasteiger partial charge is 0.461 e. The van der Waals surface area contributed by atoms with Crippen LogP contribution in [0.4, 0.5) is 5.69 Å². The van der Waals surface area contributed by atoms with Crippen LogP contribution in [0.2, 0.25) is 0 Å². The standard InChI is InChI=1S/C23H26N2O7S2/c26-23(24-27)20(12-13-34(30,31)15-16-6-2-1-3-7-16)25(33(28)29)17-10-11-19-18-8-4-5-9-21(18)32-22(19)14-17/h1-3,6-7,10-11,14,20,27H,4-5,8-9,12-13,15H2,(H,24,26)(H,28,29). The van der Waals surface area contributed by atoms with E-state index in [9.17, 15) is 27.2 Å². The first kappa shape index (κ1) is 24.4. The highest BCUT2D eigenvalue weighted by molar-refractivity contribution is 7.90. The summed E-state index contributed by atoms with van der Waals surface area (Å²) in [4.78, 5) is 12.5. The number of hydrogen-bond donors (Lipinski definition) is 3. The SMILES string of the molecule is O=C(NO)C(CCS(=O)(=O)Cc1ccccc1)N(c1ccc2c3c(oc2c1)CCCC3)S(=O)O. The minimum absolute atomic E-state index is 0.202. The van der Waals surface area contributed by atoms with Crippen molar-refractivity contribution in [3.05, 3.63) is 65.4 Å². The Balaban J connectivity index is 1.61. The first-order chi connectivity index (χ1) is 16.3. The molecule has 0 saturated carbocycles. The minimum atomic E-state index is -3.64. The lowest BCUT2D eigenvalue weighted by atomic mass is 9.96. The molecule has 1 aliphatic carbocycles. The summed E-state index contributed by atoms with van der Waals surface area (Å²) < 4.78 is 54.5. The average molecular weight is 507 g/mol. The molecule has 34 heavy (non-hydrogen) atoms. The number of nitrogens with one attached hydrogen (secondary N) is 1. The highest BCUT2D eigenvalue weighted by Crippen LogP contribution is 2.35. The normalized spacial score (nSPS) is 15.5. The van der Waals surface area contributed by atoms with E-state index in [4.69, 9.17) is 4.42 Å². The number of fused-ring (bicyclic) bond motifs is 3. The molecule has 1 aliphatic rings. The number of rotatable bonds is 9. The van der Waals surface area contributed by atoms with Gasteiger partial charge in [0.1, 0.15) is 17.4 Å². The van der Waals surface area contributed by atoms with Gasteiger partial charge in [-0.2, -0.15) is 0 Å². The third-order valence-electron chi connectivity index (χ3n) is 5.99. The van der Waals surface area contributed by atoms with Crippen LogP contribution < -0.4 is 9.79 Å². The van der Waals surface area contributed by atoms with Crippen LogP contribution in [-0.4, -0.2) is 40.1 Å². The van der Waals surface area contributed by atoms with Crippen LogP contribution in [0.15, 0.2) is 52.9 Å². The Bertz CT molecular complexity index is 1310. The van der Waals surface area contributed by atoms with Gasteiger partial charge in [-0.3, -0.25) is 18.9 Å². The Morgan fingerprint density at radius 2 is 1.88 bits per heavy atom. The summed E-state index contributed by atoms with van der Waals surface area (Å²) in [5.74, 6) is -0.749. The first-order valence-electron chi connectivity index (χ1n) is 10.9. The molecule has 0 saturated heterocycles. The van der Waals surface area contributed by atoms with Gasteiger partial charge in [-0.05, 0) is 43.4 Å². The van der Waals surface area contributed by atoms with Gasteiger partial charge in [0.2, 0.25) is 0 Å². The molecular weight excluding hydrogens is 480 g/mol. The zero-order valence-electron chi connectivity index (χ0n) is 18.3. The summed E-state index contributed by atoms with van der Waals surface area (Å²) >= 11 is -2.68. The molecule has 0 fully saturated rings. The lowest BCUT2D eigenvalue weighted by Crippen LogP contribution is -2.48. The molecule has 4 rings (SSSR count). The second kappa shape index (κ2) is 10.3. The number of furan rings is 1. The van der Waals surface area contributed by atoms with Crippen molar-refractivity contribution in [3.8, 4) is 0 Å². The maximum Gasteiger partial charge on any atom is 0.267 e. The predicted molar refractivity (Wildman–Crippen MR) is 128 cm³/mol. The lowest BCUT2D eigenvalue weighted by molar-refractivity contribution is -0.130. The Labute approximate surface area is 200 Å². The second-order valence-corrected chi connectivity index (χ2v) is 11.3.